The minimum absolute atomic E-state index is 0.0122. The van der Waals surface area contributed by atoms with Crippen molar-refractivity contribution in [3.63, 3.8) is 0 Å². The summed E-state index contributed by atoms with van der Waals surface area (Å²) in [7, 11) is 3.40. The van der Waals surface area contributed by atoms with Gasteiger partial charge in [-0.2, -0.15) is 0 Å². The van der Waals surface area contributed by atoms with E-state index in [4.69, 9.17) is 9.47 Å². The Morgan fingerprint density at radius 2 is 1.60 bits per heavy atom. The van der Waals surface area contributed by atoms with E-state index in [1.54, 1.807) is 14.2 Å². The summed E-state index contributed by atoms with van der Waals surface area (Å²) in [6.07, 6.45) is 1.01. The SMILES string of the molecule is CCN(CC)C(=O)C1CN2CCC1C(NCc1cc(OC)ccc1OC)[C@@H]2C(c1ccccc1)c1ccccc1. The highest BCUT2D eigenvalue weighted by atomic mass is 16.5. The molecule has 6 heteroatoms. The molecular weight excluding hydrogens is 498 g/mol. The van der Waals surface area contributed by atoms with Gasteiger partial charge in [0.1, 0.15) is 11.5 Å². The van der Waals surface area contributed by atoms with Gasteiger partial charge in [-0.15, -0.1) is 0 Å². The third-order valence-corrected chi connectivity index (χ3v) is 9.02. The molecule has 3 heterocycles. The van der Waals surface area contributed by atoms with E-state index in [1.807, 2.05) is 23.1 Å². The number of nitrogens with one attached hydrogen (secondary N) is 1. The molecule has 2 bridgehead atoms. The van der Waals surface area contributed by atoms with Crippen molar-refractivity contribution in [3.8, 4) is 11.5 Å². The number of benzene rings is 3. The van der Waals surface area contributed by atoms with Crippen LogP contribution >= 0.6 is 0 Å². The summed E-state index contributed by atoms with van der Waals surface area (Å²) in [6, 6.07) is 28.0. The molecule has 0 radical (unpaired) electrons. The maximum Gasteiger partial charge on any atom is 0.227 e. The predicted octanol–water partition coefficient (Wildman–Crippen LogP) is 5.18. The van der Waals surface area contributed by atoms with E-state index in [1.165, 1.54) is 11.1 Å². The number of rotatable bonds is 11. The number of amides is 1. The number of nitrogens with zero attached hydrogens (tertiary/aromatic N) is 2. The van der Waals surface area contributed by atoms with Crippen molar-refractivity contribution in [1.29, 1.82) is 0 Å². The van der Waals surface area contributed by atoms with Crippen molar-refractivity contribution in [1.82, 2.24) is 15.1 Å². The highest BCUT2D eigenvalue weighted by molar-refractivity contribution is 5.80. The van der Waals surface area contributed by atoms with Crippen LogP contribution in [-0.4, -0.2) is 68.2 Å². The first-order chi connectivity index (χ1) is 19.6. The van der Waals surface area contributed by atoms with Gasteiger partial charge in [0, 0.05) is 49.7 Å². The van der Waals surface area contributed by atoms with E-state index >= 15 is 0 Å². The van der Waals surface area contributed by atoms with Gasteiger partial charge in [-0.05, 0) is 62.1 Å². The van der Waals surface area contributed by atoms with E-state index in [9.17, 15) is 4.79 Å². The molecule has 1 amide bonds. The zero-order chi connectivity index (χ0) is 28.1. The monoisotopic (exact) mass is 541 g/mol. The molecule has 0 aliphatic carbocycles. The molecule has 0 spiro atoms. The fraction of sp³-hybridized carbons (Fsp3) is 0.441. The molecule has 3 aromatic carbocycles. The summed E-state index contributed by atoms with van der Waals surface area (Å²) in [5.74, 6) is 2.35. The molecule has 212 valence electrons. The van der Waals surface area contributed by atoms with Crippen LogP contribution in [0.3, 0.4) is 0 Å². The fourth-order valence-corrected chi connectivity index (χ4v) is 7.05. The normalized spacial score (nSPS) is 23.7. The lowest BCUT2D eigenvalue weighted by Crippen LogP contribution is -2.69. The number of piperidine rings is 3. The fourth-order valence-electron chi connectivity index (χ4n) is 7.05. The highest BCUT2D eigenvalue weighted by Crippen LogP contribution is 2.45. The number of carbonyl (C=O) groups excluding carboxylic acids is 1. The Morgan fingerprint density at radius 3 is 2.17 bits per heavy atom. The lowest BCUT2D eigenvalue weighted by Gasteiger charge is -2.57. The summed E-state index contributed by atoms with van der Waals surface area (Å²) in [5.41, 5.74) is 3.67. The molecule has 3 aromatic rings. The lowest BCUT2D eigenvalue weighted by atomic mass is 9.66. The van der Waals surface area contributed by atoms with Gasteiger partial charge in [0.15, 0.2) is 0 Å². The summed E-state index contributed by atoms with van der Waals surface area (Å²) in [6.45, 7) is 8.11. The van der Waals surface area contributed by atoms with Crippen LogP contribution in [0.4, 0.5) is 0 Å². The maximum absolute atomic E-state index is 13.8. The van der Waals surface area contributed by atoms with E-state index in [-0.39, 0.29) is 29.8 Å². The van der Waals surface area contributed by atoms with Gasteiger partial charge >= 0.3 is 0 Å². The summed E-state index contributed by atoms with van der Waals surface area (Å²) in [4.78, 5) is 18.4. The van der Waals surface area contributed by atoms with Crippen LogP contribution in [0.15, 0.2) is 78.9 Å². The number of fused-ring (bicyclic) bond motifs is 3. The Morgan fingerprint density at radius 1 is 0.950 bits per heavy atom. The molecular formula is C34H43N3O3. The largest absolute Gasteiger partial charge is 0.497 e. The van der Waals surface area contributed by atoms with E-state index in [0.29, 0.717) is 12.5 Å². The second-order valence-corrected chi connectivity index (χ2v) is 10.9. The Balaban J connectivity index is 1.55. The summed E-state index contributed by atoms with van der Waals surface area (Å²) >= 11 is 0. The van der Waals surface area contributed by atoms with Gasteiger partial charge in [-0.1, -0.05) is 60.7 Å². The van der Waals surface area contributed by atoms with Crippen molar-refractivity contribution >= 4 is 5.91 Å². The lowest BCUT2D eigenvalue weighted by molar-refractivity contribution is -0.145. The number of ether oxygens (including phenoxy) is 2. The first-order valence-corrected chi connectivity index (χ1v) is 14.7. The van der Waals surface area contributed by atoms with Gasteiger partial charge in [-0.25, -0.2) is 0 Å². The minimum Gasteiger partial charge on any atom is -0.497 e. The number of hydrogen-bond donors (Lipinski definition) is 1. The predicted molar refractivity (Wildman–Crippen MR) is 160 cm³/mol. The molecule has 0 saturated carbocycles. The van der Waals surface area contributed by atoms with Crippen molar-refractivity contribution in [2.24, 2.45) is 11.8 Å². The molecule has 4 unspecified atom stereocenters. The molecule has 40 heavy (non-hydrogen) atoms. The second kappa shape index (κ2) is 12.9. The van der Waals surface area contributed by atoms with Crippen molar-refractivity contribution in [3.05, 3.63) is 95.6 Å². The molecule has 3 fully saturated rings. The third kappa shape index (κ3) is 5.61. The zero-order valence-electron chi connectivity index (χ0n) is 24.3. The van der Waals surface area contributed by atoms with Crippen LogP contribution in [0.1, 0.15) is 42.9 Å². The first-order valence-electron chi connectivity index (χ1n) is 14.7. The quantitative estimate of drug-likeness (QED) is 0.363. The maximum atomic E-state index is 13.8. The Hall–Kier alpha value is -3.35. The Bertz CT molecular complexity index is 1210. The molecule has 0 aromatic heterocycles. The van der Waals surface area contributed by atoms with Crippen LogP contribution in [0.5, 0.6) is 11.5 Å². The number of carbonyl (C=O) groups is 1. The highest BCUT2D eigenvalue weighted by Gasteiger charge is 2.52. The minimum atomic E-state index is -0.0122. The van der Waals surface area contributed by atoms with Crippen molar-refractivity contribution in [2.45, 2.75) is 44.8 Å². The summed E-state index contributed by atoms with van der Waals surface area (Å²) in [5, 5.41) is 3.98. The summed E-state index contributed by atoms with van der Waals surface area (Å²) < 4.78 is 11.2. The molecule has 6 nitrogen and oxygen atoms in total. The Kier molecular flexibility index (Phi) is 9.08. The van der Waals surface area contributed by atoms with Gasteiger partial charge in [0.2, 0.25) is 5.91 Å². The molecule has 6 rings (SSSR count). The van der Waals surface area contributed by atoms with Crippen LogP contribution in [0.25, 0.3) is 0 Å². The first kappa shape index (κ1) is 28.2. The standard InChI is InChI=1S/C34H43N3O3/c1-5-36(6-2)34(38)29-23-37-20-19-28(29)32(35-22-26-21-27(39-3)17-18-30(26)40-4)33(37)31(24-13-9-7-10-14-24)25-15-11-8-12-16-25/h7-18,21,28-29,31-33,35H,5-6,19-20,22-23H2,1-4H3/t28?,29?,32?,33-/m0/s1. The van der Waals surface area contributed by atoms with Gasteiger partial charge in [0.05, 0.1) is 20.1 Å². The third-order valence-electron chi connectivity index (χ3n) is 9.02. The Labute approximate surface area is 239 Å². The van der Waals surface area contributed by atoms with Crippen molar-refractivity contribution < 1.29 is 14.3 Å². The topological polar surface area (TPSA) is 54.0 Å². The van der Waals surface area contributed by atoms with Crippen LogP contribution in [0.2, 0.25) is 0 Å². The molecule has 3 aliphatic heterocycles. The average molecular weight is 542 g/mol. The smallest absolute Gasteiger partial charge is 0.227 e. The molecule has 3 saturated heterocycles. The second-order valence-electron chi connectivity index (χ2n) is 10.9. The number of methoxy groups -OCH3 is 2. The van der Waals surface area contributed by atoms with Gasteiger partial charge in [-0.3, -0.25) is 9.69 Å². The molecule has 3 aliphatic rings. The van der Waals surface area contributed by atoms with Gasteiger partial charge < -0.3 is 19.7 Å². The zero-order valence-corrected chi connectivity index (χ0v) is 24.3. The average Bonchev–Trinajstić information content (AvgIpc) is 3.02. The molecule has 5 atom stereocenters. The van der Waals surface area contributed by atoms with E-state index in [2.05, 4.69) is 84.7 Å². The van der Waals surface area contributed by atoms with Crippen LogP contribution in [0, 0.1) is 11.8 Å². The van der Waals surface area contributed by atoms with Crippen LogP contribution in [-0.2, 0) is 11.3 Å². The van der Waals surface area contributed by atoms with Gasteiger partial charge in [0.25, 0.3) is 0 Å². The van der Waals surface area contributed by atoms with E-state index < -0.39 is 0 Å². The molecule has 1 N–H and O–H groups in total. The van der Waals surface area contributed by atoms with Crippen LogP contribution < -0.4 is 14.8 Å². The van der Waals surface area contributed by atoms with Crippen molar-refractivity contribution in [2.75, 3.05) is 40.4 Å². The van der Waals surface area contributed by atoms with E-state index in [0.717, 1.165) is 49.7 Å². The number of hydrogen-bond acceptors (Lipinski definition) is 5.